The molecule has 5 heteroatoms. The average Bonchev–Trinajstić information content (AvgIpc) is 3.04. The molecule has 1 atom stereocenters. The van der Waals surface area contributed by atoms with Gasteiger partial charge in [-0.05, 0) is 31.0 Å². The van der Waals surface area contributed by atoms with Crippen LogP contribution in [-0.2, 0) is 4.79 Å². The van der Waals surface area contributed by atoms with Crippen molar-refractivity contribution >= 4 is 11.7 Å². The number of quaternary nitrogens is 1. The van der Waals surface area contributed by atoms with E-state index in [-0.39, 0.29) is 24.3 Å². The topological polar surface area (TPSA) is 46.8 Å². The monoisotopic (exact) mass is 418 g/mol. The van der Waals surface area contributed by atoms with Crippen molar-refractivity contribution < 1.29 is 14.5 Å². The fourth-order valence-electron chi connectivity index (χ4n) is 4.07. The molecule has 0 aliphatic rings. The molecule has 0 spiro atoms. The number of nitrogens with one attached hydrogen (secondary N) is 1. The van der Waals surface area contributed by atoms with Crippen LogP contribution in [0, 0.1) is 13.8 Å². The van der Waals surface area contributed by atoms with Crippen molar-refractivity contribution in [1.29, 1.82) is 0 Å². The van der Waals surface area contributed by atoms with Crippen LogP contribution < -0.4 is 4.90 Å². The van der Waals surface area contributed by atoms with Crippen molar-refractivity contribution in [2.75, 3.05) is 34.2 Å². The Morgan fingerprint density at radius 3 is 1.90 bits per heavy atom. The molecule has 0 bridgehead atoms. The van der Waals surface area contributed by atoms with Gasteiger partial charge in [-0.25, -0.2) is 0 Å². The number of aromatic nitrogens is 1. The van der Waals surface area contributed by atoms with E-state index in [1.807, 2.05) is 56.4 Å². The first-order valence-corrected chi connectivity index (χ1v) is 10.6. The zero-order chi connectivity index (χ0) is 22.5. The summed E-state index contributed by atoms with van der Waals surface area (Å²) in [7, 11) is 5.35. The molecule has 1 heterocycles. The molecule has 2 aromatic carbocycles. The molecule has 3 rings (SSSR count). The number of carbonyl (C=O) groups is 2. The molecule has 3 aromatic rings. The summed E-state index contributed by atoms with van der Waals surface area (Å²) in [5, 5.41) is 0. The third-order valence-corrected chi connectivity index (χ3v) is 5.69. The zero-order valence-corrected chi connectivity index (χ0v) is 19.1. The number of aryl methyl sites for hydroxylation is 1. The Balaban J connectivity index is 1.95. The van der Waals surface area contributed by atoms with Crippen LogP contribution >= 0.6 is 0 Å². The summed E-state index contributed by atoms with van der Waals surface area (Å²) < 4.78 is 2.25. The summed E-state index contributed by atoms with van der Waals surface area (Å²) in [6, 6.07) is 22.7. The molecule has 0 radical (unpaired) electrons. The Morgan fingerprint density at radius 2 is 1.42 bits per heavy atom. The Labute approximate surface area is 184 Å². The maximum absolute atomic E-state index is 13.1. The van der Waals surface area contributed by atoms with E-state index in [1.54, 1.807) is 19.0 Å². The highest BCUT2D eigenvalue weighted by atomic mass is 16.2. The predicted octanol–water partition coefficient (Wildman–Crippen LogP) is 2.53. The second-order valence-electron chi connectivity index (χ2n) is 8.40. The molecule has 0 saturated heterocycles. The van der Waals surface area contributed by atoms with E-state index < -0.39 is 0 Å². The molecule has 162 valence electrons. The van der Waals surface area contributed by atoms with E-state index in [9.17, 15) is 9.59 Å². The van der Waals surface area contributed by atoms with Crippen LogP contribution in [0.1, 0.15) is 38.9 Å². The molecule has 0 fully saturated rings. The van der Waals surface area contributed by atoms with Gasteiger partial charge in [0.15, 0.2) is 6.54 Å². The minimum absolute atomic E-state index is 0.00987. The van der Waals surface area contributed by atoms with Crippen LogP contribution in [0.3, 0.4) is 0 Å². The van der Waals surface area contributed by atoms with Gasteiger partial charge in [0.1, 0.15) is 6.54 Å². The molecule has 1 N–H and O–H groups in total. The number of carbonyl (C=O) groups excluding carboxylic acids is 2. The predicted molar refractivity (Wildman–Crippen MR) is 124 cm³/mol. The van der Waals surface area contributed by atoms with Crippen molar-refractivity contribution in [2.45, 2.75) is 19.9 Å². The van der Waals surface area contributed by atoms with Crippen molar-refractivity contribution in [2.24, 2.45) is 0 Å². The average molecular weight is 419 g/mol. The summed E-state index contributed by atoms with van der Waals surface area (Å²) in [5.74, 6) is 0.0762. The lowest BCUT2D eigenvalue weighted by molar-refractivity contribution is -0.862. The number of likely N-dealkylation sites (N-methyl/N-ethyl adjacent to an activating group) is 2. The maximum Gasteiger partial charge on any atom is 0.277 e. The summed E-state index contributed by atoms with van der Waals surface area (Å²) in [6.07, 6.45) is 0. The van der Waals surface area contributed by atoms with Crippen LogP contribution in [0.15, 0.2) is 66.7 Å². The summed E-state index contributed by atoms with van der Waals surface area (Å²) >= 11 is 0. The lowest BCUT2D eigenvalue weighted by Gasteiger charge is -2.24. The second-order valence-corrected chi connectivity index (χ2v) is 8.40. The molecule has 0 aliphatic heterocycles. The first-order chi connectivity index (χ1) is 14.8. The van der Waals surface area contributed by atoms with Crippen LogP contribution in [0.2, 0.25) is 0 Å². The SMILES string of the molecule is Cc1cc(C(=O)C[NH+](C)CC(=O)N(C)C)c(C)n1C(c1ccccc1)c1ccccc1. The summed E-state index contributed by atoms with van der Waals surface area (Å²) in [6.45, 7) is 4.65. The minimum Gasteiger partial charge on any atom is -0.344 e. The molecular formula is C26H32N3O2+. The fraction of sp³-hybridized carbons (Fsp3) is 0.308. The Bertz CT molecular complexity index is 1000. The molecule has 31 heavy (non-hydrogen) atoms. The van der Waals surface area contributed by atoms with Gasteiger partial charge < -0.3 is 14.4 Å². The van der Waals surface area contributed by atoms with Crippen LogP contribution in [0.4, 0.5) is 0 Å². The lowest BCUT2D eigenvalue weighted by atomic mass is 9.98. The van der Waals surface area contributed by atoms with Crippen molar-refractivity contribution in [1.82, 2.24) is 9.47 Å². The van der Waals surface area contributed by atoms with E-state index in [1.165, 1.54) is 11.1 Å². The highest BCUT2D eigenvalue weighted by Crippen LogP contribution is 2.31. The molecule has 1 amide bonds. The number of benzene rings is 2. The van der Waals surface area contributed by atoms with Crippen LogP contribution in [-0.4, -0.2) is 55.4 Å². The minimum atomic E-state index is -0.00987. The van der Waals surface area contributed by atoms with Crippen LogP contribution in [0.25, 0.3) is 0 Å². The lowest BCUT2D eigenvalue weighted by Crippen LogP contribution is -3.11. The fourth-order valence-corrected chi connectivity index (χ4v) is 4.07. The van der Waals surface area contributed by atoms with E-state index in [0.717, 1.165) is 21.9 Å². The van der Waals surface area contributed by atoms with Crippen LogP contribution in [0.5, 0.6) is 0 Å². The molecule has 1 unspecified atom stereocenters. The van der Waals surface area contributed by atoms with Crippen molar-refractivity contribution in [3.05, 3.63) is 94.8 Å². The Morgan fingerprint density at radius 1 is 0.903 bits per heavy atom. The number of hydrogen-bond acceptors (Lipinski definition) is 2. The number of nitrogens with zero attached hydrogens (tertiary/aromatic N) is 2. The largest absolute Gasteiger partial charge is 0.344 e. The maximum atomic E-state index is 13.1. The number of rotatable bonds is 8. The quantitative estimate of drug-likeness (QED) is 0.572. The van der Waals surface area contributed by atoms with Gasteiger partial charge in [-0.15, -0.1) is 0 Å². The molecule has 0 saturated carbocycles. The number of ketones is 1. The van der Waals surface area contributed by atoms with E-state index in [2.05, 4.69) is 35.8 Å². The third-order valence-electron chi connectivity index (χ3n) is 5.69. The number of Topliss-reactive ketones (excluding diaryl/α,β-unsaturated/α-hetero) is 1. The first kappa shape index (κ1) is 22.5. The third kappa shape index (κ3) is 5.12. The Hall–Kier alpha value is -3.18. The molecule has 1 aromatic heterocycles. The van der Waals surface area contributed by atoms with Crippen molar-refractivity contribution in [3.8, 4) is 0 Å². The van der Waals surface area contributed by atoms with Gasteiger partial charge in [-0.1, -0.05) is 60.7 Å². The second kappa shape index (κ2) is 9.75. The van der Waals surface area contributed by atoms with Gasteiger partial charge in [-0.3, -0.25) is 9.59 Å². The van der Waals surface area contributed by atoms with Gasteiger partial charge in [0.2, 0.25) is 5.78 Å². The molecular weight excluding hydrogens is 386 g/mol. The van der Waals surface area contributed by atoms with E-state index >= 15 is 0 Å². The van der Waals surface area contributed by atoms with Gasteiger partial charge in [0.25, 0.3) is 5.91 Å². The first-order valence-electron chi connectivity index (χ1n) is 10.6. The highest BCUT2D eigenvalue weighted by molar-refractivity contribution is 5.98. The normalized spacial score (nSPS) is 12.1. The standard InChI is InChI=1S/C26H31N3O2/c1-19-16-23(24(30)17-28(5)18-25(31)27(3)4)20(2)29(19)26(21-12-8-6-9-13-21)22-14-10-7-11-15-22/h6-16,26H,17-18H2,1-5H3/p+1. The van der Waals surface area contributed by atoms with Gasteiger partial charge in [-0.2, -0.15) is 0 Å². The van der Waals surface area contributed by atoms with Crippen molar-refractivity contribution in [3.63, 3.8) is 0 Å². The van der Waals surface area contributed by atoms with Gasteiger partial charge in [0, 0.05) is 31.0 Å². The van der Waals surface area contributed by atoms with Gasteiger partial charge in [0.05, 0.1) is 13.1 Å². The van der Waals surface area contributed by atoms with E-state index in [4.69, 9.17) is 0 Å². The highest BCUT2D eigenvalue weighted by Gasteiger charge is 2.25. The summed E-state index contributed by atoms with van der Waals surface area (Å²) in [4.78, 5) is 27.6. The van der Waals surface area contributed by atoms with E-state index in [0.29, 0.717) is 6.54 Å². The summed E-state index contributed by atoms with van der Waals surface area (Å²) in [5.41, 5.74) is 5.07. The number of hydrogen-bond donors (Lipinski definition) is 1. The molecule has 0 aliphatic carbocycles. The zero-order valence-electron chi connectivity index (χ0n) is 19.1. The number of amides is 1. The Kier molecular flexibility index (Phi) is 7.08. The smallest absolute Gasteiger partial charge is 0.277 e. The molecule has 5 nitrogen and oxygen atoms in total. The van der Waals surface area contributed by atoms with Gasteiger partial charge >= 0.3 is 0 Å².